The van der Waals surface area contributed by atoms with Crippen molar-refractivity contribution in [1.82, 2.24) is 35.9 Å². The van der Waals surface area contributed by atoms with Gasteiger partial charge in [0.15, 0.2) is 0 Å². The van der Waals surface area contributed by atoms with Gasteiger partial charge in [-0.25, -0.2) is 14.4 Å². The molecule has 4 amide bonds. The van der Waals surface area contributed by atoms with Gasteiger partial charge in [0, 0.05) is 30.6 Å². The van der Waals surface area contributed by atoms with E-state index in [0.29, 0.717) is 38.1 Å². The summed E-state index contributed by atoms with van der Waals surface area (Å²) in [5.74, 6) is 0.384. The summed E-state index contributed by atoms with van der Waals surface area (Å²) in [5.41, 5.74) is -2.02. The first-order valence-corrected chi connectivity index (χ1v) is 22.5. The Kier molecular flexibility index (Phi) is 16.4. The van der Waals surface area contributed by atoms with Gasteiger partial charge in [0.05, 0.1) is 6.04 Å². The van der Waals surface area contributed by atoms with Crippen LogP contribution < -0.4 is 10.6 Å². The van der Waals surface area contributed by atoms with Gasteiger partial charge in [0.1, 0.15) is 17.2 Å². The minimum Gasteiger partial charge on any atom is -0.444 e. The second kappa shape index (κ2) is 20.1. The van der Waals surface area contributed by atoms with Crippen LogP contribution >= 0.6 is 0 Å². The highest BCUT2D eigenvalue weighted by Crippen LogP contribution is 2.42. The van der Waals surface area contributed by atoms with E-state index in [1.165, 1.54) is 4.90 Å². The zero-order chi connectivity index (χ0) is 42.9. The summed E-state index contributed by atoms with van der Waals surface area (Å²) in [6.45, 7) is 19.4. The molecule has 330 valence electrons. The number of carbonyl (C=O) groups excluding carboxylic acids is 3. The van der Waals surface area contributed by atoms with Gasteiger partial charge in [0.25, 0.3) is 0 Å². The number of rotatable bonds is 19. The number of hydrogen-bond donors (Lipinski definition) is 2. The Morgan fingerprint density at radius 1 is 0.879 bits per heavy atom. The molecule has 1 saturated carbocycles. The Labute approximate surface area is 344 Å². The number of piperidine rings is 1. The molecule has 2 aliphatic heterocycles. The number of ether oxygens (including phenoxy) is 2. The number of nitrogens with one attached hydrogen (secondary N) is 2. The fourth-order valence-electron chi connectivity index (χ4n) is 7.64. The molecule has 2 saturated heterocycles. The van der Waals surface area contributed by atoms with E-state index in [0.717, 1.165) is 69.3 Å². The number of unbranched alkanes of at least 4 members (excludes halogenated alkanes) is 3. The third-order valence-corrected chi connectivity index (χ3v) is 11.1. The predicted octanol–water partition coefficient (Wildman–Crippen LogP) is 7.79. The van der Waals surface area contributed by atoms with E-state index < -0.39 is 57.4 Å². The summed E-state index contributed by atoms with van der Waals surface area (Å²) >= 11 is 0. The maximum Gasteiger partial charge on any atom is 0.437 e. The lowest BCUT2D eigenvalue weighted by atomic mass is 9.80. The van der Waals surface area contributed by atoms with Crippen molar-refractivity contribution in [3.8, 4) is 0 Å². The van der Waals surface area contributed by atoms with Crippen molar-refractivity contribution in [2.45, 2.75) is 200 Å². The predicted molar refractivity (Wildman–Crippen MR) is 215 cm³/mol. The van der Waals surface area contributed by atoms with Crippen molar-refractivity contribution in [2.75, 3.05) is 13.1 Å². The van der Waals surface area contributed by atoms with Crippen LogP contribution in [0.1, 0.15) is 183 Å². The average molecular weight is 841 g/mol. The molecule has 19 heteroatoms. The van der Waals surface area contributed by atoms with E-state index in [1.54, 1.807) is 46.6 Å². The maximum absolute atomic E-state index is 13.8. The molecule has 2 bridgehead atoms. The Hall–Kier alpha value is -3.55. The molecule has 1 aromatic rings. The molecule has 2 N–H and O–H groups in total. The highest BCUT2D eigenvalue weighted by Gasteiger charge is 2.50. The number of carbonyl (C=O) groups is 3. The van der Waals surface area contributed by atoms with Crippen molar-refractivity contribution < 1.29 is 45.3 Å². The number of alkyl carbamates (subject to hydrolysis) is 1. The standard InChI is InChI=1S/C39H68N8O10S/c1-11-15-21-39(20-14-4,22-16-12-2)46(23-17-13-3)56-58(51,52)57-47-29-18-19-30(45(26-29)36(47)50)32-44-43-31(53-32)27-24-28(25-27)40-33(41-34(48)54-37(5,6)7)42-35(49)55-38(8,9)10/h27-30H,11-26H2,1-10H3,(H2,40,41,42,48,49)/t27-,28-,29-,30-/m0/s1. The van der Waals surface area contributed by atoms with E-state index in [9.17, 15) is 22.8 Å². The highest BCUT2D eigenvalue weighted by molar-refractivity contribution is 7.81. The van der Waals surface area contributed by atoms with Gasteiger partial charge < -0.3 is 24.1 Å². The largest absolute Gasteiger partial charge is 0.444 e. The fourth-order valence-corrected chi connectivity index (χ4v) is 8.50. The lowest BCUT2D eigenvalue weighted by Gasteiger charge is -2.43. The zero-order valence-electron chi connectivity index (χ0n) is 36.3. The minimum absolute atomic E-state index is 0.108. The van der Waals surface area contributed by atoms with Crippen LogP contribution in [0.2, 0.25) is 0 Å². The Balaban J connectivity index is 1.40. The number of nitrogens with zero attached hydrogens (tertiary/aromatic N) is 6. The Morgan fingerprint density at radius 2 is 1.50 bits per heavy atom. The molecule has 1 aliphatic carbocycles. The molecule has 0 aromatic carbocycles. The van der Waals surface area contributed by atoms with E-state index in [4.69, 9.17) is 22.5 Å². The van der Waals surface area contributed by atoms with Gasteiger partial charge in [-0.3, -0.25) is 5.32 Å². The van der Waals surface area contributed by atoms with Crippen LogP contribution in [0.25, 0.3) is 0 Å². The molecule has 0 spiro atoms. The first kappa shape index (κ1) is 47.1. The van der Waals surface area contributed by atoms with Crippen molar-refractivity contribution >= 4 is 34.6 Å². The monoisotopic (exact) mass is 840 g/mol. The fraction of sp³-hybridized carbons (Fsp3) is 0.846. The molecule has 0 radical (unpaired) electrons. The summed E-state index contributed by atoms with van der Waals surface area (Å²) in [7, 11) is -4.66. The van der Waals surface area contributed by atoms with Crippen LogP contribution in [0.15, 0.2) is 9.41 Å². The first-order chi connectivity index (χ1) is 27.2. The van der Waals surface area contributed by atoms with E-state index in [2.05, 4.69) is 53.5 Å². The number of urea groups is 1. The van der Waals surface area contributed by atoms with Crippen molar-refractivity contribution in [2.24, 2.45) is 4.99 Å². The third-order valence-electron chi connectivity index (χ3n) is 10.4. The molecule has 18 nitrogen and oxygen atoms in total. The normalized spacial score (nSPS) is 21.6. The van der Waals surface area contributed by atoms with Crippen LogP contribution in [0.5, 0.6) is 0 Å². The van der Waals surface area contributed by atoms with Gasteiger partial charge in [-0.1, -0.05) is 66.2 Å². The minimum atomic E-state index is -4.66. The van der Waals surface area contributed by atoms with Crippen molar-refractivity contribution in [3.63, 3.8) is 0 Å². The second-order valence-corrected chi connectivity index (χ2v) is 18.9. The van der Waals surface area contributed by atoms with Crippen molar-refractivity contribution in [3.05, 3.63) is 11.8 Å². The summed E-state index contributed by atoms with van der Waals surface area (Å²) in [6, 6.07) is -1.88. The number of aromatic nitrogens is 2. The van der Waals surface area contributed by atoms with E-state index in [-0.39, 0.29) is 30.4 Å². The summed E-state index contributed by atoms with van der Waals surface area (Å²) in [5, 5.41) is 16.7. The molecule has 0 unspecified atom stereocenters. The molecule has 2 atom stereocenters. The maximum atomic E-state index is 13.8. The van der Waals surface area contributed by atoms with Gasteiger partial charge in [0.2, 0.25) is 17.7 Å². The summed E-state index contributed by atoms with van der Waals surface area (Å²) in [4.78, 5) is 44.2. The molecular weight excluding hydrogens is 773 g/mol. The molecule has 3 aliphatic rings. The molecule has 1 aromatic heterocycles. The van der Waals surface area contributed by atoms with Gasteiger partial charge >= 0.3 is 28.6 Å². The summed E-state index contributed by atoms with van der Waals surface area (Å²) in [6.07, 6.45) is 9.00. The zero-order valence-corrected chi connectivity index (χ0v) is 37.1. The van der Waals surface area contributed by atoms with Gasteiger partial charge in [-0.05, 0) is 92.9 Å². The number of amides is 4. The highest BCUT2D eigenvalue weighted by atomic mass is 32.3. The lowest BCUT2D eigenvalue weighted by molar-refractivity contribution is -0.172. The number of hydrogen-bond acceptors (Lipinski definition) is 13. The molecule has 4 rings (SSSR count). The molecule has 3 heterocycles. The summed E-state index contributed by atoms with van der Waals surface area (Å²) < 4.78 is 55.5. The first-order valence-electron chi connectivity index (χ1n) is 21.1. The Bertz CT molecular complexity index is 1660. The van der Waals surface area contributed by atoms with Crippen molar-refractivity contribution in [1.29, 1.82) is 0 Å². The van der Waals surface area contributed by atoms with Crippen LogP contribution in [-0.2, 0) is 28.4 Å². The van der Waals surface area contributed by atoms with Gasteiger partial charge in [-0.15, -0.1) is 19.5 Å². The SMILES string of the molecule is CCCCN(OS(=O)(=O)ON1C(=O)N2C[C@@H]1CC[C@H]2c1nnc([C@H]2C[C@H](N/C(=N\C(=O)OC(C)(C)C)NC(=O)OC(C)(C)C)C2)o1)C(CCC)(CCCC)CCCC. The topological polar surface area (TPSA) is 207 Å². The number of aliphatic imine (C=N–C) groups is 1. The number of guanidine groups is 1. The average Bonchev–Trinajstić information content (AvgIpc) is 3.67. The van der Waals surface area contributed by atoms with Crippen LogP contribution in [0, 0.1) is 0 Å². The number of hydroxylamine groups is 4. The Morgan fingerprint density at radius 3 is 2.09 bits per heavy atom. The quantitative estimate of drug-likeness (QED) is 0.0775. The second-order valence-electron chi connectivity index (χ2n) is 17.8. The third kappa shape index (κ3) is 13.2. The molecular formula is C39H68N8O10S. The van der Waals surface area contributed by atoms with Gasteiger partial charge in [-0.2, -0.15) is 22.8 Å². The lowest BCUT2D eigenvalue weighted by Crippen LogP contribution is -2.51. The number of fused-ring (bicyclic) bond motifs is 2. The smallest absolute Gasteiger partial charge is 0.437 e. The molecule has 58 heavy (non-hydrogen) atoms. The van der Waals surface area contributed by atoms with E-state index in [1.807, 2.05) is 0 Å². The van der Waals surface area contributed by atoms with E-state index >= 15 is 0 Å². The van der Waals surface area contributed by atoms with Crippen LogP contribution in [0.4, 0.5) is 14.4 Å². The molecule has 3 fully saturated rings. The van der Waals surface area contributed by atoms with Crippen LogP contribution in [0.3, 0.4) is 0 Å². The van der Waals surface area contributed by atoms with Crippen LogP contribution in [-0.4, -0.2) is 99.7 Å².